The van der Waals surface area contributed by atoms with Gasteiger partial charge in [-0.25, -0.2) is 0 Å². The molecule has 0 bridgehead atoms. The molecular weight excluding hydrogens is 793 g/mol. The number of para-hydroxylation sites is 1. The Morgan fingerprint density at radius 2 is 0.938 bits per heavy atom. The van der Waals surface area contributed by atoms with Crippen LogP contribution in [0.1, 0.15) is 22.3 Å². The van der Waals surface area contributed by atoms with Gasteiger partial charge in [0.25, 0.3) is 0 Å². The normalized spacial score (nSPS) is 13.1. The zero-order valence-corrected chi connectivity index (χ0v) is 35.6. The van der Waals surface area contributed by atoms with Crippen molar-refractivity contribution in [3.63, 3.8) is 0 Å². The monoisotopic (exact) mass is 830 g/mol. The lowest BCUT2D eigenvalue weighted by Gasteiger charge is -2.32. The lowest BCUT2D eigenvalue weighted by atomic mass is 9.70. The SMILES string of the molecule is c1ccc(-c2ccc(N(c3ccc4c5cc6c(cc5n(-c5ccccc5)c4c3)sc3ccccc36)c3cccc4c3-c3ccccc3C43c4ccccc4-c4ccccc43)cc2)cc1. The second-order valence-electron chi connectivity index (χ2n) is 17.2. The van der Waals surface area contributed by atoms with E-state index >= 15 is 0 Å². The molecule has 298 valence electrons. The van der Waals surface area contributed by atoms with Crippen molar-refractivity contribution in [3.05, 3.63) is 253 Å². The van der Waals surface area contributed by atoms with Gasteiger partial charge in [-0.1, -0.05) is 170 Å². The minimum Gasteiger partial charge on any atom is -0.310 e. The predicted molar refractivity (Wildman–Crippen MR) is 270 cm³/mol. The molecule has 14 rings (SSSR count). The standard InChI is InChI=1S/C61H38N2S/c1-3-16-39(17-4-1)40-30-32-42(33-31-40)62(55-28-15-27-54-60(55)48-23-9-13-26-53(48)61(54)51-24-11-7-20-44(51)45-21-8-12-25-52(45)61)43-34-35-46-49-37-50-47-22-10-14-29-58(47)64-59(50)38-57(49)63(56(46)36-43)41-18-5-2-6-19-41/h1-38H. The summed E-state index contributed by atoms with van der Waals surface area (Å²) in [5, 5.41) is 5.12. The maximum Gasteiger partial charge on any atom is 0.0726 e. The fraction of sp³-hybridized carbons (Fsp3) is 0.0164. The fourth-order valence-electron chi connectivity index (χ4n) is 11.4. The zero-order valence-electron chi connectivity index (χ0n) is 34.7. The molecule has 3 heteroatoms. The second kappa shape index (κ2) is 13.5. The molecule has 0 amide bonds. The first kappa shape index (κ1) is 35.6. The number of rotatable bonds is 5. The van der Waals surface area contributed by atoms with Gasteiger partial charge in [-0.05, 0) is 111 Å². The molecule has 1 spiro atoms. The Hall–Kier alpha value is -7.98. The van der Waals surface area contributed by atoms with Crippen molar-refractivity contribution in [1.82, 2.24) is 4.57 Å². The van der Waals surface area contributed by atoms with E-state index in [0.717, 1.165) is 22.7 Å². The van der Waals surface area contributed by atoms with E-state index in [0.29, 0.717) is 0 Å². The van der Waals surface area contributed by atoms with Crippen LogP contribution >= 0.6 is 11.3 Å². The summed E-state index contributed by atoms with van der Waals surface area (Å²) < 4.78 is 5.10. The van der Waals surface area contributed by atoms with Gasteiger partial charge in [-0.2, -0.15) is 0 Å². The van der Waals surface area contributed by atoms with Gasteiger partial charge in [0.1, 0.15) is 0 Å². The number of hydrogen-bond donors (Lipinski definition) is 0. The summed E-state index contributed by atoms with van der Waals surface area (Å²) in [4.78, 5) is 2.51. The van der Waals surface area contributed by atoms with Gasteiger partial charge in [-0.15, -0.1) is 11.3 Å². The summed E-state index contributed by atoms with van der Waals surface area (Å²) in [5.41, 5.74) is 19.4. The van der Waals surface area contributed by atoms with Gasteiger partial charge >= 0.3 is 0 Å². The summed E-state index contributed by atoms with van der Waals surface area (Å²) in [7, 11) is 0. The summed E-state index contributed by atoms with van der Waals surface area (Å²) in [6, 6.07) is 85.8. The highest BCUT2D eigenvalue weighted by molar-refractivity contribution is 7.25. The van der Waals surface area contributed by atoms with Gasteiger partial charge in [0.15, 0.2) is 0 Å². The van der Waals surface area contributed by atoms with Crippen molar-refractivity contribution in [2.45, 2.75) is 5.41 Å². The second-order valence-corrected chi connectivity index (χ2v) is 18.3. The van der Waals surface area contributed by atoms with Gasteiger partial charge < -0.3 is 9.47 Å². The van der Waals surface area contributed by atoms with Gasteiger partial charge in [-0.3, -0.25) is 0 Å². The molecule has 0 saturated heterocycles. The average Bonchev–Trinajstić information content (AvgIpc) is 4.07. The lowest BCUT2D eigenvalue weighted by Crippen LogP contribution is -2.26. The van der Waals surface area contributed by atoms with Gasteiger partial charge in [0.05, 0.1) is 22.1 Å². The molecule has 0 N–H and O–H groups in total. The Balaban J connectivity index is 1.06. The van der Waals surface area contributed by atoms with E-state index in [1.54, 1.807) is 0 Å². The molecule has 64 heavy (non-hydrogen) atoms. The smallest absolute Gasteiger partial charge is 0.0726 e. The van der Waals surface area contributed by atoms with E-state index < -0.39 is 5.41 Å². The molecule has 0 radical (unpaired) electrons. The first-order valence-corrected chi connectivity index (χ1v) is 22.9. The van der Waals surface area contributed by atoms with E-state index in [9.17, 15) is 0 Å². The van der Waals surface area contributed by atoms with Crippen molar-refractivity contribution < 1.29 is 0 Å². The number of nitrogens with zero attached hydrogens (tertiary/aromatic N) is 2. The number of fused-ring (bicyclic) bond motifs is 16. The van der Waals surface area contributed by atoms with Crippen LogP contribution < -0.4 is 4.90 Å². The first-order valence-electron chi connectivity index (χ1n) is 22.1. The summed E-state index contributed by atoms with van der Waals surface area (Å²) in [5.74, 6) is 0. The molecular formula is C61H38N2S. The highest BCUT2D eigenvalue weighted by Crippen LogP contribution is 2.64. The van der Waals surface area contributed by atoms with Crippen LogP contribution in [0.4, 0.5) is 17.1 Å². The van der Waals surface area contributed by atoms with Crippen molar-refractivity contribution >= 4 is 70.4 Å². The number of anilines is 3. The van der Waals surface area contributed by atoms with Crippen LogP contribution in [-0.4, -0.2) is 4.57 Å². The number of benzene rings is 10. The topological polar surface area (TPSA) is 8.17 Å². The van der Waals surface area contributed by atoms with Crippen LogP contribution in [0.3, 0.4) is 0 Å². The number of hydrogen-bond acceptors (Lipinski definition) is 2. The van der Waals surface area contributed by atoms with Crippen molar-refractivity contribution in [3.8, 4) is 39.1 Å². The lowest BCUT2D eigenvalue weighted by molar-refractivity contribution is 0.794. The highest BCUT2D eigenvalue weighted by atomic mass is 32.1. The third-order valence-electron chi connectivity index (χ3n) is 14.0. The minimum atomic E-state index is -0.446. The Bertz CT molecular complexity index is 3790. The molecule has 2 aromatic heterocycles. The van der Waals surface area contributed by atoms with Crippen LogP contribution in [0.5, 0.6) is 0 Å². The van der Waals surface area contributed by atoms with Gasteiger partial charge in [0.2, 0.25) is 0 Å². The molecule has 2 nitrogen and oxygen atoms in total. The first-order chi connectivity index (χ1) is 31.8. The minimum absolute atomic E-state index is 0.446. The average molecular weight is 831 g/mol. The largest absolute Gasteiger partial charge is 0.310 e. The van der Waals surface area contributed by atoms with Crippen LogP contribution in [0, 0.1) is 0 Å². The third kappa shape index (κ3) is 4.85. The van der Waals surface area contributed by atoms with E-state index in [2.05, 4.69) is 240 Å². The third-order valence-corrected chi connectivity index (χ3v) is 15.1. The molecule has 0 unspecified atom stereocenters. The number of thiophene rings is 1. The summed E-state index contributed by atoms with van der Waals surface area (Å²) >= 11 is 1.88. The van der Waals surface area contributed by atoms with Gasteiger partial charge in [0, 0.05) is 53.6 Å². The molecule has 10 aromatic carbocycles. The van der Waals surface area contributed by atoms with Crippen LogP contribution in [-0.2, 0) is 5.41 Å². The highest BCUT2D eigenvalue weighted by Gasteiger charge is 2.52. The van der Waals surface area contributed by atoms with E-state index in [4.69, 9.17) is 0 Å². The summed E-state index contributed by atoms with van der Waals surface area (Å²) in [6.07, 6.45) is 0. The molecule has 2 aliphatic rings. The Morgan fingerprint density at radius 1 is 0.359 bits per heavy atom. The molecule has 2 heterocycles. The molecule has 0 atom stereocenters. The van der Waals surface area contributed by atoms with Crippen LogP contribution in [0.15, 0.2) is 231 Å². The van der Waals surface area contributed by atoms with E-state index in [1.165, 1.54) is 97.6 Å². The molecule has 0 saturated carbocycles. The maximum atomic E-state index is 2.51. The van der Waals surface area contributed by atoms with Crippen molar-refractivity contribution in [2.75, 3.05) is 4.90 Å². The molecule has 0 fully saturated rings. The predicted octanol–water partition coefficient (Wildman–Crippen LogP) is 16.6. The Morgan fingerprint density at radius 3 is 1.69 bits per heavy atom. The quantitative estimate of drug-likeness (QED) is 0.168. The van der Waals surface area contributed by atoms with E-state index in [-0.39, 0.29) is 0 Å². The summed E-state index contributed by atoms with van der Waals surface area (Å²) in [6.45, 7) is 0. The maximum absolute atomic E-state index is 2.51. The fourth-order valence-corrected chi connectivity index (χ4v) is 12.5. The van der Waals surface area contributed by atoms with Crippen LogP contribution in [0.2, 0.25) is 0 Å². The van der Waals surface area contributed by atoms with Crippen molar-refractivity contribution in [1.29, 1.82) is 0 Å². The number of aromatic nitrogens is 1. The molecule has 0 aliphatic heterocycles. The molecule has 12 aromatic rings. The van der Waals surface area contributed by atoms with Crippen LogP contribution in [0.25, 0.3) is 81.0 Å². The Kier molecular flexibility index (Phi) is 7.51. The van der Waals surface area contributed by atoms with E-state index in [1.807, 2.05) is 11.3 Å². The Labute approximate surface area is 375 Å². The van der Waals surface area contributed by atoms with Crippen molar-refractivity contribution in [2.24, 2.45) is 0 Å². The zero-order chi connectivity index (χ0) is 41.9. The molecule has 2 aliphatic carbocycles.